The van der Waals surface area contributed by atoms with Gasteiger partial charge in [0.05, 0.1) is 12.7 Å². The second kappa shape index (κ2) is 11.0. The number of nitrogens with one attached hydrogen (secondary N) is 2. The van der Waals surface area contributed by atoms with Crippen LogP contribution in [0.3, 0.4) is 0 Å². The SMILES string of the molecule is CCNC(=NCC(C)(O)c1cnn(C)c1)NCCN1CCCCC1.I. The molecule has 1 aromatic rings. The van der Waals surface area contributed by atoms with Crippen LogP contribution < -0.4 is 10.6 Å². The van der Waals surface area contributed by atoms with Gasteiger partial charge in [-0.05, 0) is 39.8 Å². The molecule has 0 aliphatic carbocycles. The summed E-state index contributed by atoms with van der Waals surface area (Å²) < 4.78 is 1.69. The molecule has 8 heteroatoms. The Morgan fingerprint density at radius 2 is 2.04 bits per heavy atom. The smallest absolute Gasteiger partial charge is 0.191 e. The second-order valence-corrected chi connectivity index (χ2v) is 6.70. The van der Waals surface area contributed by atoms with Crippen LogP contribution in [-0.2, 0) is 12.6 Å². The molecule has 0 amide bonds. The zero-order chi connectivity index (χ0) is 17.4. The number of hydrogen-bond acceptors (Lipinski definition) is 4. The summed E-state index contributed by atoms with van der Waals surface area (Å²) >= 11 is 0. The molecular formula is C17H33IN6O. The Labute approximate surface area is 168 Å². The highest BCUT2D eigenvalue weighted by molar-refractivity contribution is 14.0. The number of nitrogens with zero attached hydrogens (tertiary/aromatic N) is 4. The van der Waals surface area contributed by atoms with Gasteiger partial charge in [0.2, 0.25) is 0 Å². The van der Waals surface area contributed by atoms with E-state index in [0.717, 1.165) is 31.2 Å². The molecule has 1 fully saturated rings. The van der Waals surface area contributed by atoms with Crippen LogP contribution in [0, 0.1) is 0 Å². The minimum atomic E-state index is -1.02. The number of aliphatic hydroxyl groups is 1. The van der Waals surface area contributed by atoms with Gasteiger partial charge in [-0.25, -0.2) is 4.99 Å². The summed E-state index contributed by atoms with van der Waals surface area (Å²) in [5.74, 6) is 0.749. The van der Waals surface area contributed by atoms with Gasteiger partial charge in [0, 0.05) is 38.4 Å². The maximum Gasteiger partial charge on any atom is 0.191 e. The van der Waals surface area contributed by atoms with Crippen LogP contribution in [0.1, 0.15) is 38.7 Å². The van der Waals surface area contributed by atoms with Gasteiger partial charge in [-0.1, -0.05) is 6.42 Å². The fourth-order valence-electron chi connectivity index (χ4n) is 2.88. The molecule has 2 rings (SSSR count). The number of likely N-dealkylation sites (tertiary alicyclic amines) is 1. The number of aromatic nitrogens is 2. The van der Waals surface area contributed by atoms with Crippen molar-refractivity contribution < 1.29 is 5.11 Å². The Hall–Kier alpha value is -0.870. The van der Waals surface area contributed by atoms with E-state index in [4.69, 9.17) is 0 Å². The first-order valence-corrected chi connectivity index (χ1v) is 8.97. The summed E-state index contributed by atoms with van der Waals surface area (Å²) in [7, 11) is 1.84. The third-order valence-corrected chi connectivity index (χ3v) is 4.39. The highest BCUT2D eigenvalue weighted by Crippen LogP contribution is 2.19. The molecule has 1 saturated heterocycles. The van der Waals surface area contributed by atoms with Crippen LogP contribution in [-0.4, -0.2) is 65.0 Å². The largest absolute Gasteiger partial charge is 0.383 e. The zero-order valence-corrected chi connectivity index (χ0v) is 18.0. The van der Waals surface area contributed by atoms with E-state index < -0.39 is 5.60 Å². The molecule has 3 N–H and O–H groups in total. The van der Waals surface area contributed by atoms with Crippen molar-refractivity contribution in [3.05, 3.63) is 18.0 Å². The highest BCUT2D eigenvalue weighted by atomic mass is 127. The van der Waals surface area contributed by atoms with E-state index in [1.54, 1.807) is 17.8 Å². The first kappa shape index (κ1) is 22.2. The zero-order valence-electron chi connectivity index (χ0n) is 15.7. The number of aryl methyl sites for hydroxylation is 1. The van der Waals surface area contributed by atoms with Crippen molar-refractivity contribution in [2.75, 3.05) is 39.3 Å². The first-order chi connectivity index (χ1) is 11.5. The molecule has 25 heavy (non-hydrogen) atoms. The minimum absolute atomic E-state index is 0. The molecule has 0 spiro atoms. The van der Waals surface area contributed by atoms with E-state index in [1.807, 2.05) is 20.2 Å². The monoisotopic (exact) mass is 464 g/mol. The molecule has 1 aliphatic heterocycles. The lowest BCUT2D eigenvalue weighted by Crippen LogP contribution is -2.43. The number of hydrogen-bond donors (Lipinski definition) is 3. The quantitative estimate of drug-likeness (QED) is 0.322. The van der Waals surface area contributed by atoms with E-state index >= 15 is 0 Å². The third-order valence-electron chi connectivity index (χ3n) is 4.39. The minimum Gasteiger partial charge on any atom is -0.383 e. The predicted octanol–water partition coefficient (Wildman–Crippen LogP) is 1.29. The Morgan fingerprint density at radius 1 is 1.32 bits per heavy atom. The summed E-state index contributed by atoms with van der Waals surface area (Å²) in [6.07, 6.45) is 7.49. The van der Waals surface area contributed by atoms with Crippen molar-refractivity contribution in [2.24, 2.45) is 12.0 Å². The Balaban J connectivity index is 0.00000312. The summed E-state index contributed by atoms with van der Waals surface area (Å²) in [5.41, 5.74) is -0.248. The number of piperidine rings is 1. The first-order valence-electron chi connectivity index (χ1n) is 8.97. The topological polar surface area (TPSA) is 77.7 Å². The van der Waals surface area contributed by atoms with E-state index in [1.165, 1.54) is 32.4 Å². The summed E-state index contributed by atoms with van der Waals surface area (Å²) in [5, 5.41) is 21.3. The van der Waals surface area contributed by atoms with Crippen molar-refractivity contribution in [3.63, 3.8) is 0 Å². The molecule has 0 radical (unpaired) electrons. The van der Waals surface area contributed by atoms with E-state index in [-0.39, 0.29) is 30.5 Å². The van der Waals surface area contributed by atoms with Gasteiger partial charge in [-0.3, -0.25) is 4.68 Å². The molecule has 0 aromatic carbocycles. The van der Waals surface area contributed by atoms with Gasteiger partial charge < -0.3 is 20.6 Å². The number of rotatable bonds is 7. The Bertz CT molecular complexity index is 525. The number of halogens is 1. The van der Waals surface area contributed by atoms with Gasteiger partial charge in [-0.2, -0.15) is 5.10 Å². The number of guanidine groups is 1. The van der Waals surface area contributed by atoms with E-state index in [2.05, 4.69) is 25.6 Å². The lowest BCUT2D eigenvalue weighted by molar-refractivity contribution is 0.0671. The summed E-state index contributed by atoms with van der Waals surface area (Å²) in [6, 6.07) is 0. The summed E-state index contributed by atoms with van der Waals surface area (Å²) in [4.78, 5) is 7.03. The summed E-state index contributed by atoms with van der Waals surface area (Å²) in [6.45, 7) is 9.19. The second-order valence-electron chi connectivity index (χ2n) is 6.70. The molecule has 1 unspecified atom stereocenters. The van der Waals surface area contributed by atoms with E-state index in [9.17, 15) is 5.11 Å². The molecular weight excluding hydrogens is 431 g/mol. The average Bonchev–Trinajstić information content (AvgIpc) is 3.01. The lowest BCUT2D eigenvalue weighted by Gasteiger charge is -2.26. The molecule has 1 aliphatic rings. The highest BCUT2D eigenvalue weighted by Gasteiger charge is 2.24. The maximum atomic E-state index is 10.6. The lowest BCUT2D eigenvalue weighted by atomic mass is 10.0. The van der Waals surface area contributed by atoms with Gasteiger partial charge >= 0.3 is 0 Å². The van der Waals surface area contributed by atoms with Gasteiger partial charge in [-0.15, -0.1) is 24.0 Å². The molecule has 144 valence electrons. The van der Waals surface area contributed by atoms with Gasteiger partial charge in [0.1, 0.15) is 5.60 Å². The van der Waals surface area contributed by atoms with Gasteiger partial charge in [0.25, 0.3) is 0 Å². The van der Waals surface area contributed by atoms with Gasteiger partial charge in [0.15, 0.2) is 5.96 Å². The fourth-order valence-corrected chi connectivity index (χ4v) is 2.88. The molecule has 1 aromatic heterocycles. The normalized spacial score (nSPS) is 18.3. The van der Waals surface area contributed by atoms with Crippen LogP contribution in [0.4, 0.5) is 0 Å². The number of aliphatic imine (C=N–C) groups is 1. The van der Waals surface area contributed by atoms with Crippen molar-refractivity contribution in [2.45, 2.75) is 38.7 Å². The van der Waals surface area contributed by atoms with Crippen LogP contribution in [0.5, 0.6) is 0 Å². The molecule has 0 bridgehead atoms. The van der Waals surface area contributed by atoms with Crippen molar-refractivity contribution in [1.82, 2.24) is 25.3 Å². The molecule has 2 heterocycles. The standard InChI is InChI=1S/C17H32N6O.HI/c1-4-18-16(19-8-11-23-9-6-5-7-10-23)20-14-17(2,24)15-12-21-22(3)13-15;/h12-13,24H,4-11,14H2,1-3H3,(H2,18,19,20);1H. The molecule has 0 saturated carbocycles. The average molecular weight is 464 g/mol. The van der Waals surface area contributed by atoms with Crippen molar-refractivity contribution >= 4 is 29.9 Å². The van der Waals surface area contributed by atoms with Crippen LogP contribution >= 0.6 is 24.0 Å². The predicted molar refractivity (Wildman–Crippen MR) is 112 cm³/mol. The van der Waals surface area contributed by atoms with Crippen LogP contribution in [0.15, 0.2) is 17.4 Å². The van der Waals surface area contributed by atoms with Crippen molar-refractivity contribution in [1.29, 1.82) is 0 Å². The fraction of sp³-hybridized carbons (Fsp3) is 0.765. The molecule has 1 atom stereocenters. The third kappa shape index (κ3) is 7.49. The Morgan fingerprint density at radius 3 is 2.64 bits per heavy atom. The molecule has 7 nitrogen and oxygen atoms in total. The van der Waals surface area contributed by atoms with Crippen LogP contribution in [0.25, 0.3) is 0 Å². The maximum absolute atomic E-state index is 10.6. The van der Waals surface area contributed by atoms with E-state index in [0.29, 0.717) is 0 Å². The van der Waals surface area contributed by atoms with Crippen LogP contribution in [0.2, 0.25) is 0 Å². The Kier molecular flexibility index (Phi) is 9.73. The van der Waals surface area contributed by atoms with Crippen molar-refractivity contribution in [3.8, 4) is 0 Å².